The van der Waals surface area contributed by atoms with E-state index in [1.165, 1.54) is 12.5 Å². The first-order chi connectivity index (χ1) is 3.89. The highest BCUT2D eigenvalue weighted by Gasteiger charge is 1.78. The average molecular weight is 107 g/mol. The maximum absolute atomic E-state index is 5.30. The number of allylic oxidation sites excluding steroid dienone is 1. The number of hydrogen-bond acceptors (Lipinski definition) is 3. The highest BCUT2D eigenvalue weighted by Crippen LogP contribution is 1.85. The molecule has 0 amide bonds. The van der Waals surface area contributed by atoms with Crippen LogP contribution in [0.5, 0.6) is 0 Å². The summed E-state index contributed by atoms with van der Waals surface area (Å²) in [5.41, 5.74) is 5.88. The summed E-state index contributed by atoms with van der Waals surface area (Å²) < 4.78 is 0. The lowest BCUT2D eigenvalue weighted by atomic mass is 10.5. The van der Waals surface area contributed by atoms with E-state index >= 15 is 0 Å². The molecule has 1 heterocycles. The smallest absolute Gasteiger partial charge is 0.125 e. The monoisotopic (exact) mass is 107 g/mol. The van der Waals surface area contributed by atoms with Crippen LogP contribution in [0.2, 0.25) is 0 Å². The standard InChI is InChI=1S/C5H5N3/c6-5-1-2-7-4-8-3-5/h1,3-4H,6H2. The van der Waals surface area contributed by atoms with E-state index in [9.17, 15) is 0 Å². The SMILES string of the molecule is NC1=CN=CN=C=C1. The average Bonchev–Trinajstić information content (AvgIpc) is 1.94. The van der Waals surface area contributed by atoms with E-state index in [4.69, 9.17) is 5.73 Å². The van der Waals surface area contributed by atoms with Crippen molar-refractivity contribution >= 4 is 12.2 Å². The summed E-state index contributed by atoms with van der Waals surface area (Å²) in [7, 11) is 0. The molecule has 0 spiro atoms. The Balaban J connectivity index is 2.94. The van der Waals surface area contributed by atoms with Crippen LogP contribution in [0, 0.1) is 0 Å². The second kappa shape index (κ2) is 2.09. The van der Waals surface area contributed by atoms with Crippen LogP contribution in [-0.4, -0.2) is 12.2 Å². The third-order valence-corrected chi connectivity index (χ3v) is 0.654. The largest absolute Gasteiger partial charge is 0.397 e. The fourth-order valence-electron chi connectivity index (χ4n) is 0.335. The summed E-state index contributed by atoms with van der Waals surface area (Å²) >= 11 is 0. The molecule has 0 aromatic heterocycles. The molecule has 0 fully saturated rings. The molecule has 0 bridgehead atoms. The Morgan fingerprint density at radius 3 is 3.38 bits per heavy atom. The van der Waals surface area contributed by atoms with Gasteiger partial charge in [-0.15, -0.1) is 0 Å². The van der Waals surface area contributed by atoms with Gasteiger partial charge in [-0.05, 0) is 5.87 Å². The van der Waals surface area contributed by atoms with E-state index in [0.717, 1.165) is 0 Å². The number of nitrogens with zero attached hydrogens (tertiary/aromatic N) is 2. The lowest BCUT2D eigenvalue weighted by molar-refractivity contribution is 1.38. The summed E-state index contributed by atoms with van der Waals surface area (Å²) in [6, 6.07) is 0. The molecular formula is C5H5N3. The van der Waals surface area contributed by atoms with Crippen molar-refractivity contribution in [2.24, 2.45) is 15.7 Å². The van der Waals surface area contributed by atoms with Gasteiger partial charge < -0.3 is 5.73 Å². The van der Waals surface area contributed by atoms with Gasteiger partial charge in [-0.3, -0.25) is 0 Å². The molecule has 0 atom stereocenters. The Morgan fingerprint density at radius 1 is 1.62 bits per heavy atom. The van der Waals surface area contributed by atoms with E-state index in [-0.39, 0.29) is 0 Å². The molecule has 0 aromatic rings. The van der Waals surface area contributed by atoms with Crippen LogP contribution in [0.3, 0.4) is 0 Å². The molecule has 2 N–H and O–H groups in total. The third kappa shape index (κ3) is 1.06. The first-order valence-corrected chi connectivity index (χ1v) is 2.15. The maximum Gasteiger partial charge on any atom is 0.125 e. The van der Waals surface area contributed by atoms with Gasteiger partial charge in [-0.1, -0.05) is 0 Å². The first kappa shape index (κ1) is 4.81. The minimum atomic E-state index is 0.572. The fourth-order valence-corrected chi connectivity index (χ4v) is 0.335. The summed E-state index contributed by atoms with van der Waals surface area (Å²) in [5, 5.41) is 0. The minimum absolute atomic E-state index is 0.572. The number of hydrogen-bond donors (Lipinski definition) is 1. The summed E-state index contributed by atoms with van der Waals surface area (Å²) in [4.78, 5) is 7.27. The van der Waals surface area contributed by atoms with Crippen molar-refractivity contribution < 1.29 is 0 Å². The Morgan fingerprint density at radius 2 is 2.50 bits per heavy atom. The van der Waals surface area contributed by atoms with Crippen molar-refractivity contribution in [2.75, 3.05) is 0 Å². The van der Waals surface area contributed by atoms with Crippen LogP contribution in [0.4, 0.5) is 0 Å². The summed E-state index contributed by atoms with van der Waals surface area (Å²) in [6.45, 7) is 0. The van der Waals surface area contributed by atoms with Crippen LogP contribution in [0.1, 0.15) is 0 Å². The topological polar surface area (TPSA) is 50.7 Å². The van der Waals surface area contributed by atoms with Gasteiger partial charge in [0.25, 0.3) is 0 Å². The van der Waals surface area contributed by atoms with E-state index in [1.54, 1.807) is 6.08 Å². The van der Waals surface area contributed by atoms with Gasteiger partial charge in [0, 0.05) is 6.08 Å². The van der Waals surface area contributed by atoms with Crippen LogP contribution in [-0.2, 0) is 0 Å². The predicted octanol–water partition coefficient (Wildman–Crippen LogP) is 0.0543. The van der Waals surface area contributed by atoms with Crippen molar-refractivity contribution in [2.45, 2.75) is 0 Å². The van der Waals surface area contributed by atoms with Gasteiger partial charge in [-0.2, -0.15) is 4.99 Å². The van der Waals surface area contributed by atoms with E-state index in [2.05, 4.69) is 15.9 Å². The van der Waals surface area contributed by atoms with Gasteiger partial charge in [0.2, 0.25) is 0 Å². The van der Waals surface area contributed by atoms with Crippen molar-refractivity contribution in [1.29, 1.82) is 0 Å². The highest BCUT2D eigenvalue weighted by atomic mass is 14.8. The van der Waals surface area contributed by atoms with Crippen molar-refractivity contribution in [1.82, 2.24) is 0 Å². The Kier molecular flexibility index (Phi) is 1.26. The van der Waals surface area contributed by atoms with Crippen molar-refractivity contribution in [3.8, 4) is 0 Å². The van der Waals surface area contributed by atoms with E-state index < -0.39 is 0 Å². The molecule has 0 aliphatic carbocycles. The van der Waals surface area contributed by atoms with Crippen LogP contribution in [0.25, 0.3) is 0 Å². The van der Waals surface area contributed by atoms with Crippen molar-refractivity contribution in [3.05, 3.63) is 18.0 Å². The van der Waals surface area contributed by atoms with Crippen LogP contribution in [0.15, 0.2) is 28.0 Å². The lowest BCUT2D eigenvalue weighted by Crippen LogP contribution is -1.90. The van der Waals surface area contributed by atoms with Gasteiger partial charge in [-0.25, -0.2) is 4.99 Å². The molecule has 1 rings (SSSR count). The fraction of sp³-hybridized carbons (Fsp3) is 0. The zero-order chi connectivity index (χ0) is 5.82. The Hall–Kier alpha value is -1.34. The molecule has 0 saturated carbocycles. The van der Waals surface area contributed by atoms with Gasteiger partial charge >= 0.3 is 0 Å². The third-order valence-electron chi connectivity index (χ3n) is 0.654. The van der Waals surface area contributed by atoms with Gasteiger partial charge in [0.05, 0.1) is 11.9 Å². The van der Waals surface area contributed by atoms with E-state index in [1.807, 2.05) is 0 Å². The molecular weight excluding hydrogens is 102 g/mol. The van der Waals surface area contributed by atoms with Crippen LogP contribution < -0.4 is 5.73 Å². The number of aliphatic imine (C=N–C) groups is 2. The minimum Gasteiger partial charge on any atom is -0.397 e. The second-order valence-electron chi connectivity index (χ2n) is 1.30. The molecule has 3 heteroatoms. The van der Waals surface area contributed by atoms with Crippen LogP contribution >= 0.6 is 0 Å². The predicted molar refractivity (Wildman–Crippen MR) is 32.8 cm³/mol. The zero-order valence-corrected chi connectivity index (χ0v) is 4.20. The summed E-state index contributed by atoms with van der Waals surface area (Å²) in [5.74, 6) is 2.55. The molecule has 1 aliphatic rings. The molecule has 0 radical (unpaired) electrons. The summed E-state index contributed by atoms with van der Waals surface area (Å²) in [6.07, 6.45) is 4.47. The van der Waals surface area contributed by atoms with Gasteiger partial charge in [0.1, 0.15) is 6.34 Å². The Labute approximate surface area is 46.9 Å². The normalized spacial score (nSPS) is 15.8. The highest BCUT2D eigenvalue weighted by molar-refractivity contribution is 5.72. The molecule has 0 saturated heterocycles. The first-order valence-electron chi connectivity index (χ1n) is 2.15. The molecule has 40 valence electrons. The van der Waals surface area contributed by atoms with E-state index in [0.29, 0.717) is 5.70 Å². The number of rotatable bonds is 0. The Bertz CT molecular complexity index is 194. The molecule has 1 aliphatic heterocycles. The molecule has 8 heavy (non-hydrogen) atoms. The molecule has 3 nitrogen and oxygen atoms in total. The molecule has 0 unspecified atom stereocenters. The quantitative estimate of drug-likeness (QED) is 0.467. The van der Waals surface area contributed by atoms with Gasteiger partial charge in [0.15, 0.2) is 0 Å². The molecule has 0 aromatic carbocycles. The lowest BCUT2D eigenvalue weighted by Gasteiger charge is -1.79. The maximum atomic E-state index is 5.30. The second-order valence-corrected chi connectivity index (χ2v) is 1.30. The number of nitrogens with two attached hydrogens (primary N) is 1. The zero-order valence-electron chi connectivity index (χ0n) is 4.20. The van der Waals surface area contributed by atoms with Crippen molar-refractivity contribution in [3.63, 3.8) is 0 Å².